The minimum atomic E-state index is 0.0896. The summed E-state index contributed by atoms with van der Waals surface area (Å²) in [6.07, 6.45) is 3.27. The maximum Gasteiger partial charge on any atom is 0.248 e. The first-order chi connectivity index (χ1) is 9.78. The molecule has 0 spiro atoms. The highest BCUT2D eigenvalue weighted by molar-refractivity contribution is 5.78. The zero-order chi connectivity index (χ0) is 13.9. The fraction of sp³-hybridized carbons (Fsp3) is 0.562. The molecule has 1 fully saturated rings. The van der Waals surface area contributed by atoms with Crippen LogP contribution in [0.1, 0.15) is 25.3 Å². The number of fused-ring (bicyclic) bond motifs is 1. The largest absolute Gasteiger partial charge is 0.382 e. The Morgan fingerprint density at radius 1 is 1.40 bits per heavy atom. The molecular formula is C16H22N2O2. The summed E-state index contributed by atoms with van der Waals surface area (Å²) in [5, 5.41) is 3.36. The molecule has 1 aromatic carbocycles. The van der Waals surface area contributed by atoms with Gasteiger partial charge in [-0.2, -0.15) is 0 Å². The van der Waals surface area contributed by atoms with Gasteiger partial charge in [0, 0.05) is 31.2 Å². The molecule has 4 heteroatoms. The quantitative estimate of drug-likeness (QED) is 0.893. The first-order valence-corrected chi connectivity index (χ1v) is 7.50. The third-order valence-corrected chi connectivity index (χ3v) is 4.08. The van der Waals surface area contributed by atoms with Crippen molar-refractivity contribution in [2.45, 2.75) is 38.3 Å². The van der Waals surface area contributed by atoms with Crippen LogP contribution in [0.5, 0.6) is 0 Å². The Morgan fingerprint density at radius 3 is 2.95 bits per heavy atom. The van der Waals surface area contributed by atoms with Crippen molar-refractivity contribution in [1.29, 1.82) is 0 Å². The van der Waals surface area contributed by atoms with Crippen LogP contribution in [0.25, 0.3) is 0 Å². The normalized spacial score (nSPS) is 20.9. The van der Waals surface area contributed by atoms with E-state index in [1.807, 2.05) is 24.0 Å². The lowest BCUT2D eigenvalue weighted by Gasteiger charge is -2.27. The molecule has 3 rings (SSSR count). The molecule has 20 heavy (non-hydrogen) atoms. The minimum absolute atomic E-state index is 0.0896. The van der Waals surface area contributed by atoms with Gasteiger partial charge in [-0.1, -0.05) is 18.2 Å². The van der Waals surface area contributed by atoms with E-state index in [1.165, 1.54) is 11.3 Å². The molecule has 0 bridgehead atoms. The Labute approximate surface area is 120 Å². The van der Waals surface area contributed by atoms with Gasteiger partial charge in [0.2, 0.25) is 5.91 Å². The van der Waals surface area contributed by atoms with Gasteiger partial charge in [-0.05, 0) is 31.4 Å². The monoisotopic (exact) mass is 274 g/mol. The van der Waals surface area contributed by atoms with Gasteiger partial charge in [0.05, 0.1) is 6.10 Å². The molecule has 1 N–H and O–H groups in total. The van der Waals surface area contributed by atoms with Crippen molar-refractivity contribution in [3.05, 3.63) is 29.8 Å². The van der Waals surface area contributed by atoms with Crippen molar-refractivity contribution in [3.63, 3.8) is 0 Å². The standard InChI is InChI=1S/C16H22N2O2/c1-2-18(13-7-8-13)16(19)11-20-14-9-12-5-3-4-6-15(12)17-10-14/h3-6,13-14,17H,2,7-11H2,1H3. The summed E-state index contributed by atoms with van der Waals surface area (Å²) in [6, 6.07) is 8.75. The average molecular weight is 274 g/mol. The van der Waals surface area contributed by atoms with Crippen LogP contribution in [0.4, 0.5) is 5.69 Å². The second-order valence-corrected chi connectivity index (χ2v) is 5.59. The predicted octanol–water partition coefficient (Wildman–Crippen LogP) is 2.05. The van der Waals surface area contributed by atoms with Crippen LogP contribution >= 0.6 is 0 Å². The SMILES string of the molecule is CCN(C(=O)COC1CNc2ccccc2C1)C1CC1. The Morgan fingerprint density at radius 2 is 2.20 bits per heavy atom. The van der Waals surface area contributed by atoms with E-state index in [0.29, 0.717) is 6.04 Å². The van der Waals surface area contributed by atoms with Crippen molar-refractivity contribution >= 4 is 11.6 Å². The molecule has 0 radical (unpaired) electrons. The summed E-state index contributed by atoms with van der Waals surface area (Å²) < 4.78 is 5.81. The van der Waals surface area contributed by atoms with E-state index in [4.69, 9.17) is 4.74 Å². The molecule has 1 unspecified atom stereocenters. The average Bonchev–Trinajstić information content (AvgIpc) is 3.30. The summed E-state index contributed by atoms with van der Waals surface area (Å²) >= 11 is 0. The topological polar surface area (TPSA) is 41.6 Å². The molecule has 0 saturated heterocycles. The molecule has 1 aliphatic carbocycles. The molecule has 1 atom stereocenters. The van der Waals surface area contributed by atoms with Crippen molar-refractivity contribution in [1.82, 2.24) is 4.90 Å². The smallest absolute Gasteiger partial charge is 0.248 e. The van der Waals surface area contributed by atoms with Gasteiger partial charge in [-0.25, -0.2) is 0 Å². The Balaban J connectivity index is 1.51. The van der Waals surface area contributed by atoms with Crippen molar-refractivity contribution in [3.8, 4) is 0 Å². The fourth-order valence-corrected chi connectivity index (χ4v) is 2.83. The zero-order valence-corrected chi connectivity index (χ0v) is 12.0. The van der Waals surface area contributed by atoms with Gasteiger partial charge in [0.1, 0.15) is 6.61 Å². The predicted molar refractivity (Wildman–Crippen MR) is 78.8 cm³/mol. The van der Waals surface area contributed by atoms with E-state index in [2.05, 4.69) is 17.4 Å². The Bertz CT molecular complexity index is 485. The molecular weight excluding hydrogens is 252 g/mol. The van der Waals surface area contributed by atoms with E-state index < -0.39 is 0 Å². The van der Waals surface area contributed by atoms with Gasteiger partial charge in [0.25, 0.3) is 0 Å². The van der Waals surface area contributed by atoms with Gasteiger partial charge in [-0.15, -0.1) is 0 Å². The van der Waals surface area contributed by atoms with Crippen molar-refractivity contribution in [2.75, 3.05) is 25.0 Å². The van der Waals surface area contributed by atoms with Gasteiger partial charge in [-0.3, -0.25) is 4.79 Å². The highest BCUT2D eigenvalue weighted by atomic mass is 16.5. The summed E-state index contributed by atoms with van der Waals surface area (Å²) in [5.74, 6) is 0.133. The van der Waals surface area contributed by atoms with E-state index in [1.54, 1.807) is 0 Å². The first kappa shape index (κ1) is 13.4. The van der Waals surface area contributed by atoms with E-state index >= 15 is 0 Å². The molecule has 4 nitrogen and oxygen atoms in total. The van der Waals surface area contributed by atoms with E-state index in [-0.39, 0.29) is 18.6 Å². The summed E-state index contributed by atoms with van der Waals surface area (Å²) in [7, 11) is 0. The van der Waals surface area contributed by atoms with Crippen LogP contribution in [0, 0.1) is 0 Å². The van der Waals surface area contributed by atoms with Gasteiger partial charge < -0.3 is 15.0 Å². The molecule has 108 valence electrons. The molecule has 1 aliphatic heterocycles. The maximum atomic E-state index is 12.1. The second kappa shape index (κ2) is 5.83. The van der Waals surface area contributed by atoms with Crippen LogP contribution in [-0.2, 0) is 16.0 Å². The first-order valence-electron chi connectivity index (χ1n) is 7.50. The van der Waals surface area contributed by atoms with Crippen LogP contribution < -0.4 is 5.32 Å². The third kappa shape index (κ3) is 2.96. The van der Waals surface area contributed by atoms with Crippen molar-refractivity contribution in [2.24, 2.45) is 0 Å². The lowest BCUT2D eigenvalue weighted by molar-refractivity contribution is -0.138. The highest BCUT2D eigenvalue weighted by Crippen LogP contribution is 2.27. The number of hydrogen-bond donors (Lipinski definition) is 1. The van der Waals surface area contributed by atoms with Gasteiger partial charge >= 0.3 is 0 Å². The maximum absolute atomic E-state index is 12.1. The second-order valence-electron chi connectivity index (χ2n) is 5.59. The third-order valence-electron chi connectivity index (χ3n) is 4.08. The number of carbonyl (C=O) groups excluding carboxylic acids is 1. The van der Waals surface area contributed by atoms with E-state index in [9.17, 15) is 4.79 Å². The minimum Gasteiger partial charge on any atom is -0.382 e. The number of nitrogens with one attached hydrogen (secondary N) is 1. The zero-order valence-electron chi connectivity index (χ0n) is 12.0. The number of anilines is 1. The molecule has 1 aromatic rings. The summed E-state index contributed by atoms with van der Waals surface area (Å²) in [4.78, 5) is 14.1. The van der Waals surface area contributed by atoms with Crippen LogP contribution in [0.3, 0.4) is 0 Å². The number of benzene rings is 1. The number of ether oxygens (including phenoxy) is 1. The number of hydrogen-bond acceptors (Lipinski definition) is 3. The fourth-order valence-electron chi connectivity index (χ4n) is 2.83. The summed E-state index contributed by atoms with van der Waals surface area (Å²) in [6.45, 7) is 3.81. The van der Waals surface area contributed by atoms with E-state index in [0.717, 1.165) is 32.4 Å². The highest BCUT2D eigenvalue weighted by Gasteiger charge is 2.31. The number of nitrogens with zero attached hydrogens (tertiary/aromatic N) is 1. The number of carbonyl (C=O) groups is 1. The molecule has 1 amide bonds. The lowest BCUT2D eigenvalue weighted by atomic mass is 10.0. The van der Waals surface area contributed by atoms with Gasteiger partial charge in [0.15, 0.2) is 0 Å². The molecule has 1 saturated carbocycles. The number of likely N-dealkylation sites (N-methyl/N-ethyl adjacent to an activating group) is 1. The summed E-state index contributed by atoms with van der Waals surface area (Å²) in [5.41, 5.74) is 2.46. The number of rotatable bonds is 5. The Kier molecular flexibility index (Phi) is 3.92. The van der Waals surface area contributed by atoms with Crippen LogP contribution in [-0.4, -0.2) is 42.6 Å². The Hall–Kier alpha value is -1.55. The molecule has 1 heterocycles. The molecule has 2 aliphatic rings. The van der Waals surface area contributed by atoms with Crippen LogP contribution in [0.15, 0.2) is 24.3 Å². The van der Waals surface area contributed by atoms with Crippen LogP contribution in [0.2, 0.25) is 0 Å². The number of amides is 1. The van der Waals surface area contributed by atoms with Crippen molar-refractivity contribution < 1.29 is 9.53 Å². The lowest BCUT2D eigenvalue weighted by Crippen LogP contribution is -2.39. The number of para-hydroxylation sites is 1. The molecule has 0 aromatic heterocycles.